The molecule has 1 amide bonds. The van der Waals surface area contributed by atoms with E-state index in [0.717, 1.165) is 20.7 Å². The molecule has 0 atom stereocenters. The Morgan fingerprint density at radius 2 is 1.71 bits per heavy atom. The van der Waals surface area contributed by atoms with Crippen LogP contribution in [0.1, 0.15) is 5.56 Å². The lowest BCUT2D eigenvalue weighted by atomic mass is 10.2. The minimum Gasteiger partial charge on any atom is -0.283 e. The lowest BCUT2D eigenvalue weighted by Gasteiger charge is -2.20. The topological polar surface area (TPSA) is 33.2 Å². The average Bonchev–Trinajstić information content (AvgIpc) is 3.14. The number of benzene rings is 3. The Labute approximate surface area is 177 Å². The first kappa shape index (κ1) is 19.0. The summed E-state index contributed by atoms with van der Waals surface area (Å²) in [6, 6.07) is 25.5. The zero-order valence-electron chi connectivity index (χ0n) is 14.9. The van der Waals surface area contributed by atoms with Crippen LogP contribution in [0.4, 0.5) is 5.13 Å². The first-order valence-corrected chi connectivity index (χ1v) is 11.0. The smallest absolute Gasteiger partial charge is 0.239 e. The average molecular weight is 425 g/mol. The molecule has 0 radical (unpaired) electrons. The van der Waals surface area contributed by atoms with Crippen LogP contribution in [0.25, 0.3) is 10.2 Å². The number of hydrogen-bond donors (Lipinski definition) is 0. The summed E-state index contributed by atoms with van der Waals surface area (Å²) >= 11 is 9.14. The molecule has 0 saturated carbocycles. The molecule has 0 aliphatic heterocycles. The van der Waals surface area contributed by atoms with Crippen molar-refractivity contribution in [2.24, 2.45) is 0 Å². The van der Waals surface area contributed by atoms with Gasteiger partial charge in [0.2, 0.25) is 5.91 Å². The van der Waals surface area contributed by atoms with Crippen LogP contribution in [0.5, 0.6) is 0 Å². The van der Waals surface area contributed by atoms with Crippen molar-refractivity contribution in [3.05, 3.63) is 89.4 Å². The molecule has 0 aliphatic rings. The number of nitrogens with zero attached hydrogens (tertiary/aromatic N) is 2. The van der Waals surface area contributed by atoms with E-state index in [4.69, 9.17) is 11.6 Å². The van der Waals surface area contributed by atoms with Crippen molar-refractivity contribution >= 4 is 56.0 Å². The maximum atomic E-state index is 13.1. The molecule has 6 heteroatoms. The lowest BCUT2D eigenvalue weighted by Crippen LogP contribution is -2.31. The normalized spacial score (nSPS) is 10.9. The van der Waals surface area contributed by atoms with Crippen molar-refractivity contribution in [3.8, 4) is 0 Å². The van der Waals surface area contributed by atoms with Gasteiger partial charge in [0, 0.05) is 9.92 Å². The predicted octanol–water partition coefficient (Wildman–Crippen LogP) is 6.28. The van der Waals surface area contributed by atoms with Crippen LogP contribution >= 0.6 is 34.7 Å². The largest absolute Gasteiger partial charge is 0.283 e. The Balaban J connectivity index is 1.61. The standard InChI is InChI=1S/C22H17ClN2OS2/c23-17-11-12-19-20(13-17)28-22(24-19)25(14-16-7-3-1-4-8-16)21(26)15-27-18-9-5-2-6-10-18/h1-13H,14-15H2. The van der Waals surface area contributed by atoms with E-state index in [1.807, 2.05) is 78.9 Å². The second-order valence-electron chi connectivity index (χ2n) is 6.18. The van der Waals surface area contributed by atoms with Gasteiger partial charge in [-0.2, -0.15) is 0 Å². The maximum Gasteiger partial charge on any atom is 0.239 e. The first-order chi connectivity index (χ1) is 13.7. The van der Waals surface area contributed by atoms with E-state index in [1.54, 1.807) is 4.90 Å². The van der Waals surface area contributed by atoms with Crippen molar-refractivity contribution in [2.45, 2.75) is 11.4 Å². The monoisotopic (exact) mass is 424 g/mol. The van der Waals surface area contributed by atoms with Gasteiger partial charge in [-0.1, -0.05) is 71.5 Å². The number of hydrogen-bond acceptors (Lipinski definition) is 4. The van der Waals surface area contributed by atoms with Gasteiger partial charge in [0.15, 0.2) is 5.13 Å². The number of anilines is 1. The molecule has 140 valence electrons. The number of halogens is 1. The summed E-state index contributed by atoms with van der Waals surface area (Å²) in [7, 11) is 0. The van der Waals surface area contributed by atoms with Crippen LogP contribution in [0, 0.1) is 0 Å². The Bertz CT molecular complexity index is 1080. The molecule has 0 bridgehead atoms. The van der Waals surface area contributed by atoms with E-state index < -0.39 is 0 Å². The molecule has 4 rings (SSSR count). The predicted molar refractivity (Wildman–Crippen MR) is 119 cm³/mol. The molecule has 0 saturated heterocycles. The van der Waals surface area contributed by atoms with Crippen LogP contribution in [0.15, 0.2) is 83.8 Å². The Kier molecular flexibility index (Phi) is 5.95. The molecular weight excluding hydrogens is 408 g/mol. The molecule has 1 aromatic heterocycles. The van der Waals surface area contributed by atoms with Gasteiger partial charge < -0.3 is 0 Å². The molecule has 0 aliphatic carbocycles. The maximum absolute atomic E-state index is 13.1. The quantitative estimate of drug-likeness (QED) is 0.342. The molecular formula is C22H17ClN2OS2. The van der Waals surface area contributed by atoms with Gasteiger partial charge in [-0.05, 0) is 35.9 Å². The van der Waals surface area contributed by atoms with E-state index in [9.17, 15) is 4.79 Å². The van der Waals surface area contributed by atoms with Gasteiger partial charge in [-0.15, -0.1) is 11.8 Å². The molecule has 0 unspecified atom stereocenters. The van der Waals surface area contributed by atoms with E-state index in [1.165, 1.54) is 23.1 Å². The van der Waals surface area contributed by atoms with Crippen LogP contribution in [0.2, 0.25) is 5.02 Å². The highest BCUT2D eigenvalue weighted by Gasteiger charge is 2.20. The number of amides is 1. The summed E-state index contributed by atoms with van der Waals surface area (Å²) in [5.74, 6) is 0.385. The number of fused-ring (bicyclic) bond motifs is 1. The third-order valence-corrected chi connectivity index (χ3v) is 6.43. The molecule has 3 nitrogen and oxygen atoms in total. The summed E-state index contributed by atoms with van der Waals surface area (Å²) in [5.41, 5.74) is 1.92. The molecule has 0 fully saturated rings. The van der Waals surface area contributed by atoms with Crippen LogP contribution in [-0.2, 0) is 11.3 Å². The van der Waals surface area contributed by atoms with Gasteiger partial charge in [0.05, 0.1) is 22.5 Å². The third-order valence-electron chi connectivity index (χ3n) is 4.16. The highest BCUT2D eigenvalue weighted by molar-refractivity contribution is 8.00. The van der Waals surface area contributed by atoms with Gasteiger partial charge in [0.25, 0.3) is 0 Å². The van der Waals surface area contributed by atoms with Gasteiger partial charge >= 0.3 is 0 Å². The fourth-order valence-electron chi connectivity index (χ4n) is 2.77. The number of carbonyl (C=O) groups excluding carboxylic acids is 1. The second-order valence-corrected chi connectivity index (χ2v) is 8.67. The highest BCUT2D eigenvalue weighted by Crippen LogP contribution is 2.32. The van der Waals surface area contributed by atoms with Gasteiger partial charge in [-0.3, -0.25) is 9.69 Å². The third kappa shape index (κ3) is 4.55. The zero-order chi connectivity index (χ0) is 19.3. The second kappa shape index (κ2) is 8.78. The number of aromatic nitrogens is 1. The van der Waals surface area contributed by atoms with Gasteiger partial charge in [0.1, 0.15) is 0 Å². The summed E-state index contributed by atoms with van der Waals surface area (Å²) in [4.78, 5) is 20.6. The number of thiazole rings is 1. The summed E-state index contributed by atoms with van der Waals surface area (Å²) in [6.07, 6.45) is 0. The Hall–Kier alpha value is -2.34. The SMILES string of the molecule is O=C(CSc1ccccc1)N(Cc1ccccc1)c1nc2ccc(Cl)cc2s1. The number of thioether (sulfide) groups is 1. The summed E-state index contributed by atoms with van der Waals surface area (Å²) in [6.45, 7) is 0.489. The molecule has 28 heavy (non-hydrogen) atoms. The molecule has 1 heterocycles. The van der Waals surface area contributed by atoms with E-state index in [2.05, 4.69) is 4.98 Å². The van der Waals surface area contributed by atoms with E-state index >= 15 is 0 Å². The first-order valence-electron chi connectivity index (χ1n) is 8.77. The Morgan fingerprint density at radius 3 is 2.46 bits per heavy atom. The van der Waals surface area contributed by atoms with E-state index in [0.29, 0.717) is 22.5 Å². The molecule has 3 aromatic carbocycles. The summed E-state index contributed by atoms with van der Waals surface area (Å²) in [5, 5.41) is 1.36. The van der Waals surface area contributed by atoms with Crippen molar-refractivity contribution < 1.29 is 4.79 Å². The number of carbonyl (C=O) groups is 1. The van der Waals surface area contributed by atoms with Crippen molar-refractivity contribution in [1.29, 1.82) is 0 Å². The van der Waals surface area contributed by atoms with Crippen molar-refractivity contribution in [3.63, 3.8) is 0 Å². The van der Waals surface area contributed by atoms with Crippen molar-refractivity contribution in [1.82, 2.24) is 4.98 Å². The minimum absolute atomic E-state index is 0.0304. The van der Waals surface area contributed by atoms with Crippen LogP contribution in [-0.4, -0.2) is 16.6 Å². The van der Waals surface area contributed by atoms with E-state index in [-0.39, 0.29) is 5.91 Å². The van der Waals surface area contributed by atoms with Gasteiger partial charge in [-0.25, -0.2) is 4.98 Å². The molecule has 4 aromatic rings. The fraction of sp³-hybridized carbons (Fsp3) is 0.0909. The Morgan fingerprint density at radius 1 is 1.00 bits per heavy atom. The fourth-order valence-corrected chi connectivity index (χ4v) is 4.82. The molecule has 0 spiro atoms. The van der Waals surface area contributed by atoms with Crippen molar-refractivity contribution in [2.75, 3.05) is 10.7 Å². The summed E-state index contributed by atoms with van der Waals surface area (Å²) < 4.78 is 0.976. The minimum atomic E-state index is 0.0304. The lowest BCUT2D eigenvalue weighted by molar-refractivity contribution is -0.116. The van der Waals surface area contributed by atoms with Crippen LogP contribution in [0.3, 0.4) is 0 Å². The number of rotatable bonds is 6. The molecule has 0 N–H and O–H groups in total. The zero-order valence-corrected chi connectivity index (χ0v) is 17.3. The highest BCUT2D eigenvalue weighted by atomic mass is 35.5. The van der Waals surface area contributed by atoms with Crippen LogP contribution < -0.4 is 4.90 Å².